The fourth-order valence-electron chi connectivity index (χ4n) is 4.57. The van der Waals surface area contributed by atoms with Gasteiger partial charge in [0.05, 0.1) is 22.5 Å². The third-order valence-corrected chi connectivity index (χ3v) is 6.04. The number of nitrogens with one attached hydrogen (secondary N) is 2. The van der Waals surface area contributed by atoms with Crippen molar-refractivity contribution >= 4 is 23.2 Å². The average Bonchev–Trinajstić information content (AvgIpc) is 3.19. The molecule has 0 aromatic heterocycles. The number of amides is 2. The topological polar surface area (TPSA) is 58.2 Å². The van der Waals surface area contributed by atoms with Gasteiger partial charge in [-0.2, -0.15) is 0 Å². The Hall–Kier alpha value is -3.14. The first-order chi connectivity index (χ1) is 14.2. The van der Waals surface area contributed by atoms with Gasteiger partial charge >= 0.3 is 0 Å². The lowest BCUT2D eigenvalue weighted by Crippen LogP contribution is -2.21. The van der Waals surface area contributed by atoms with Gasteiger partial charge in [0.2, 0.25) is 0 Å². The molecule has 154 valence electrons. The molecule has 2 aliphatic rings. The van der Waals surface area contributed by atoms with Gasteiger partial charge in [-0.05, 0) is 71.2 Å². The van der Waals surface area contributed by atoms with E-state index in [9.17, 15) is 9.59 Å². The van der Waals surface area contributed by atoms with Gasteiger partial charge in [-0.25, -0.2) is 0 Å². The quantitative estimate of drug-likeness (QED) is 0.764. The lowest BCUT2D eigenvalue weighted by molar-refractivity contribution is -0.117. The maximum absolute atomic E-state index is 12.9. The van der Waals surface area contributed by atoms with Crippen LogP contribution in [-0.2, 0) is 9.59 Å². The van der Waals surface area contributed by atoms with Crippen LogP contribution in [0.25, 0.3) is 11.4 Å². The summed E-state index contributed by atoms with van der Waals surface area (Å²) >= 11 is 0. The van der Waals surface area contributed by atoms with Crippen molar-refractivity contribution in [1.82, 2.24) is 10.6 Å². The standard InChI is InChI=1S/C26H28N2O2/c1-13(2)19-9-7-17(11-15(19)5)23-21-22(26(30)27-23)24(28-25(21)29)18-8-10-20(14(3)4)16(6)12-18/h7-14H,1-6H3,(H,27,30)(H,28,29). The minimum Gasteiger partial charge on any atom is -0.321 e. The summed E-state index contributed by atoms with van der Waals surface area (Å²) < 4.78 is 0. The normalized spacial score (nSPS) is 16.0. The zero-order valence-corrected chi connectivity index (χ0v) is 18.4. The molecular formula is C26H28N2O2. The van der Waals surface area contributed by atoms with Crippen LogP contribution < -0.4 is 10.6 Å². The van der Waals surface area contributed by atoms with Crippen molar-refractivity contribution in [2.75, 3.05) is 0 Å². The van der Waals surface area contributed by atoms with E-state index in [1.807, 2.05) is 24.3 Å². The summed E-state index contributed by atoms with van der Waals surface area (Å²) in [5, 5.41) is 5.89. The average molecular weight is 401 g/mol. The Morgan fingerprint density at radius 1 is 0.633 bits per heavy atom. The summed E-state index contributed by atoms with van der Waals surface area (Å²) in [5.74, 6) is 0.376. The minimum atomic E-state index is -0.232. The molecule has 2 aromatic carbocycles. The van der Waals surface area contributed by atoms with Crippen molar-refractivity contribution < 1.29 is 9.59 Å². The van der Waals surface area contributed by atoms with E-state index in [2.05, 4.69) is 64.3 Å². The van der Waals surface area contributed by atoms with Crippen molar-refractivity contribution in [1.29, 1.82) is 0 Å². The molecule has 0 atom stereocenters. The van der Waals surface area contributed by atoms with E-state index >= 15 is 0 Å². The third-order valence-electron chi connectivity index (χ3n) is 6.04. The van der Waals surface area contributed by atoms with Gasteiger partial charge in [0.15, 0.2) is 0 Å². The Kier molecular flexibility index (Phi) is 4.89. The highest BCUT2D eigenvalue weighted by Crippen LogP contribution is 2.38. The van der Waals surface area contributed by atoms with Gasteiger partial charge in [-0.15, -0.1) is 0 Å². The molecule has 2 aromatic rings. The van der Waals surface area contributed by atoms with Crippen LogP contribution in [0.1, 0.15) is 72.9 Å². The van der Waals surface area contributed by atoms with Crippen molar-refractivity contribution in [3.63, 3.8) is 0 Å². The first-order valence-corrected chi connectivity index (χ1v) is 10.5. The highest BCUT2D eigenvalue weighted by molar-refractivity contribution is 6.30. The number of benzene rings is 2. The predicted molar refractivity (Wildman–Crippen MR) is 121 cm³/mol. The van der Waals surface area contributed by atoms with E-state index in [1.165, 1.54) is 11.1 Å². The molecule has 0 bridgehead atoms. The van der Waals surface area contributed by atoms with Crippen LogP contribution in [0.2, 0.25) is 0 Å². The second-order valence-corrected chi connectivity index (χ2v) is 8.86. The summed E-state index contributed by atoms with van der Waals surface area (Å²) in [4.78, 5) is 25.8. The summed E-state index contributed by atoms with van der Waals surface area (Å²) in [7, 11) is 0. The Morgan fingerprint density at radius 3 is 1.30 bits per heavy atom. The van der Waals surface area contributed by atoms with Crippen LogP contribution in [0.5, 0.6) is 0 Å². The van der Waals surface area contributed by atoms with Crippen LogP contribution >= 0.6 is 0 Å². The Morgan fingerprint density at radius 2 is 1.00 bits per heavy atom. The van der Waals surface area contributed by atoms with Gasteiger partial charge in [-0.3, -0.25) is 9.59 Å². The molecule has 0 radical (unpaired) electrons. The number of aryl methyl sites for hydroxylation is 2. The van der Waals surface area contributed by atoms with Gasteiger partial charge in [0.1, 0.15) is 0 Å². The van der Waals surface area contributed by atoms with Crippen LogP contribution in [-0.4, -0.2) is 11.8 Å². The van der Waals surface area contributed by atoms with Gasteiger partial charge in [-0.1, -0.05) is 52.0 Å². The molecule has 2 aliphatic heterocycles. The summed E-state index contributed by atoms with van der Waals surface area (Å²) in [6.45, 7) is 12.8. The highest BCUT2D eigenvalue weighted by atomic mass is 16.2. The molecule has 0 unspecified atom stereocenters. The van der Waals surface area contributed by atoms with Crippen molar-refractivity contribution in [2.24, 2.45) is 0 Å². The number of carbonyl (C=O) groups is 2. The molecule has 30 heavy (non-hydrogen) atoms. The maximum atomic E-state index is 12.9. The van der Waals surface area contributed by atoms with Gasteiger partial charge in [0, 0.05) is 0 Å². The van der Waals surface area contributed by atoms with E-state index in [-0.39, 0.29) is 11.8 Å². The Bertz CT molecular complexity index is 1060. The largest absolute Gasteiger partial charge is 0.321 e. The zero-order valence-electron chi connectivity index (χ0n) is 18.4. The van der Waals surface area contributed by atoms with Crippen LogP contribution in [0.3, 0.4) is 0 Å². The number of hydrogen-bond acceptors (Lipinski definition) is 2. The maximum Gasteiger partial charge on any atom is 0.258 e. The number of fused-ring (bicyclic) bond motifs is 1. The molecule has 4 heteroatoms. The molecule has 0 spiro atoms. The van der Waals surface area contributed by atoms with E-state index in [0.717, 1.165) is 22.3 Å². The van der Waals surface area contributed by atoms with Crippen LogP contribution in [0.15, 0.2) is 47.5 Å². The monoisotopic (exact) mass is 400 g/mol. The fraction of sp³-hybridized carbons (Fsp3) is 0.308. The van der Waals surface area contributed by atoms with E-state index in [0.29, 0.717) is 34.4 Å². The summed E-state index contributed by atoms with van der Waals surface area (Å²) in [6, 6.07) is 12.2. The third kappa shape index (κ3) is 3.17. The Balaban J connectivity index is 1.83. The molecule has 2 N–H and O–H groups in total. The number of hydrogen-bond donors (Lipinski definition) is 2. The first kappa shape index (κ1) is 20.1. The van der Waals surface area contributed by atoms with Crippen LogP contribution in [0.4, 0.5) is 0 Å². The van der Waals surface area contributed by atoms with Gasteiger partial charge < -0.3 is 10.6 Å². The van der Waals surface area contributed by atoms with Crippen LogP contribution in [0, 0.1) is 13.8 Å². The van der Waals surface area contributed by atoms with E-state index in [4.69, 9.17) is 0 Å². The molecule has 0 saturated carbocycles. The molecule has 4 nitrogen and oxygen atoms in total. The molecular weight excluding hydrogens is 372 g/mol. The minimum absolute atomic E-state index is 0.232. The summed E-state index contributed by atoms with van der Waals surface area (Å²) in [6.07, 6.45) is 0. The van der Waals surface area contributed by atoms with Crippen molar-refractivity contribution in [3.05, 3.63) is 80.9 Å². The van der Waals surface area contributed by atoms with Gasteiger partial charge in [0.25, 0.3) is 11.8 Å². The smallest absolute Gasteiger partial charge is 0.258 e. The Labute approximate surface area is 178 Å². The molecule has 0 fully saturated rings. The number of rotatable bonds is 4. The van der Waals surface area contributed by atoms with Crippen molar-refractivity contribution in [2.45, 2.75) is 53.4 Å². The summed E-state index contributed by atoms with van der Waals surface area (Å²) in [5.41, 5.74) is 8.63. The second kappa shape index (κ2) is 7.28. The molecule has 0 aliphatic carbocycles. The fourth-order valence-corrected chi connectivity index (χ4v) is 4.57. The van der Waals surface area contributed by atoms with Crippen molar-refractivity contribution in [3.8, 4) is 0 Å². The highest BCUT2D eigenvalue weighted by Gasteiger charge is 2.40. The lowest BCUT2D eigenvalue weighted by atomic mass is 9.93. The molecule has 2 heterocycles. The van der Waals surface area contributed by atoms with E-state index < -0.39 is 0 Å². The lowest BCUT2D eigenvalue weighted by Gasteiger charge is -2.13. The molecule has 0 saturated heterocycles. The molecule has 4 rings (SSSR count). The van der Waals surface area contributed by atoms with E-state index in [1.54, 1.807) is 0 Å². The second-order valence-electron chi connectivity index (χ2n) is 8.86. The molecule has 2 amide bonds. The first-order valence-electron chi connectivity index (χ1n) is 10.5. The zero-order chi connectivity index (χ0) is 21.7. The predicted octanol–water partition coefficient (Wildman–Crippen LogP) is 4.93. The SMILES string of the molecule is Cc1cc(C2=C3C(=O)NC(c4ccc(C(C)C)c(C)c4)=C3C(=O)N2)ccc1C(C)C. The number of carbonyl (C=O) groups excluding carboxylic acids is 2.